The molecular weight excluding hydrogens is 252 g/mol. The van der Waals surface area contributed by atoms with Crippen molar-refractivity contribution < 1.29 is 9.90 Å². The van der Waals surface area contributed by atoms with Crippen molar-refractivity contribution in [2.75, 3.05) is 18.9 Å². The Hall–Kier alpha value is -1.55. The topological polar surface area (TPSA) is 75.4 Å². The van der Waals surface area contributed by atoms with Crippen LogP contribution < -0.4 is 11.1 Å². The van der Waals surface area contributed by atoms with Crippen molar-refractivity contribution in [1.29, 1.82) is 0 Å². The maximum absolute atomic E-state index is 12.0. The van der Waals surface area contributed by atoms with Crippen LogP contribution in [0.5, 0.6) is 0 Å². The lowest BCUT2D eigenvalue weighted by Crippen LogP contribution is -2.41. The molecule has 110 valence electrons. The van der Waals surface area contributed by atoms with Gasteiger partial charge in [0.25, 0.3) is 0 Å². The van der Waals surface area contributed by atoms with Gasteiger partial charge in [0.15, 0.2) is 0 Å². The maximum atomic E-state index is 12.0. The Morgan fingerprint density at radius 1 is 1.25 bits per heavy atom. The van der Waals surface area contributed by atoms with Crippen LogP contribution in [0.15, 0.2) is 24.3 Å². The van der Waals surface area contributed by atoms with Gasteiger partial charge in [0.05, 0.1) is 13.0 Å². The molecule has 0 aliphatic heterocycles. The first-order chi connectivity index (χ1) is 9.65. The van der Waals surface area contributed by atoms with E-state index in [1.807, 2.05) is 18.2 Å². The molecule has 0 unspecified atom stereocenters. The smallest absolute Gasteiger partial charge is 0.224 e. The molecule has 0 saturated heterocycles. The highest BCUT2D eigenvalue weighted by Crippen LogP contribution is 2.35. The molecule has 0 bridgehead atoms. The fourth-order valence-electron chi connectivity index (χ4n) is 2.91. The van der Waals surface area contributed by atoms with Crippen LogP contribution in [0.4, 0.5) is 5.69 Å². The molecule has 0 radical (unpaired) electrons. The third-order valence-electron chi connectivity index (χ3n) is 4.32. The Labute approximate surface area is 120 Å². The van der Waals surface area contributed by atoms with Gasteiger partial charge in [-0.15, -0.1) is 0 Å². The van der Waals surface area contributed by atoms with Gasteiger partial charge in [0, 0.05) is 17.6 Å². The summed E-state index contributed by atoms with van der Waals surface area (Å²) >= 11 is 0. The number of rotatable bonds is 5. The number of hydrogen-bond donors (Lipinski definition) is 3. The van der Waals surface area contributed by atoms with Crippen LogP contribution in [0.25, 0.3) is 0 Å². The Bertz CT molecular complexity index is 454. The molecular formula is C16H24N2O2. The van der Waals surface area contributed by atoms with Gasteiger partial charge in [-0.25, -0.2) is 0 Å². The average Bonchev–Trinajstić information content (AvgIpc) is 2.49. The first-order valence-corrected chi connectivity index (χ1v) is 7.36. The molecule has 1 aliphatic carbocycles. The third-order valence-corrected chi connectivity index (χ3v) is 4.32. The number of para-hydroxylation sites is 1. The van der Waals surface area contributed by atoms with Crippen molar-refractivity contribution >= 4 is 11.6 Å². The van der Waals surface area contributed by atoms with Crippen molar-refractivity contribution in [2.45, 2.75) is 38.5 Å². The minimum Gasteiger partial charge on any atom is -0.398 e. The highest BCUT2D eigenvalue weighted by atomic mass is 16.3. The van der Waals surface area contributed by atoms with Crippen LogP contribution in [0.1, 0.15) is 37.7 Å². The van der Waals surface area contributed by atoms with E-state index in [0.717, 1.165) is 31.2 Å². The number of nitrogen functional groups attached to an aromatic ring is 1. The maximum Gasteiger partial charge on any atom is 0.224 e. The zero-order valence-corrected chi connectivity index (χ0v) is 11.9. The van der Waals surface area contributed by atoms with Crippen LogP contribution >= 0.6 is 0 Å². The van der Waals surface area contributed by atoms with E-state index in [-0.39, 0.29) is 17.9 Å². The molecule has 4 N–H and O–H groups in total. The second kappa shape index (κ2) is 6.75. The number of nitrogens with one attached hydrogen (secondary N) is 1. The van der Waals surface area contributed by atoms with Crippen molar-refractivity contribution in [3.8, 4) is 0 Å². The first-order valence-electron chi connectivity index (χ1n) is 7.36. The molecule has 1 aromatic carbocycles. The average molecular weight is 276 g/mol. The Balaban J connectivity index is 1.87. The third kappa shape index (κ3) is 3.73. The van der Waals surface area contributed by atoms with Crippen molar-refractivity contribution in [3.05, 3.63) is 29.8 Å². The summed E-state index contributed by atoms with van der Waals surface area (Å²) in [4.78, 5) is 12.0. The van der Waals surface area contributed by atoms with Crippen LogP contribution in [0, 0.1) is 5.41 Å². The molecule has 1 aromatic rings. The summed E-state index contributed by atoms with van der Waals surface area (Å²) in [6, 6.07) is 7.42. The zero-order valence-electron chi connectivity index (χ0n) is 11.9. The molecule has 2 rings (SSSR count). The van der Waals surface area contributed by atoms with Gasteiger partial charge in [-0.2, -0.15) is 0 Å². The number of aliphatic hydroxyl groups excluding tert-OH is 1. The van der Waals surface area contributed by atoms with Crippen LogP contribution in [-0.2, 0) is 11.2 Å². The second-order valence-corrected chi connectivity index (χ2v) is 5.87. The van der Waals surface area contributed by atoms with Crippen LogP contribution in [0.2, 0.25) is 0 Å². The summed E-state index contributed by atoms with van der Waals surface area (Å²) in [7, 11) is 0. The normalized spacial score (nSPS) is 17.6. The highest BCUT2D eigenvalue weighted by molar-refractivity contribution is 5.80. The summed E-state index contributed by atoms with van der Waals surface area (Å²) in [5.41, 5.74) is 7.23. The number of hydrogen-bond acceptors (Lipinski definition) is 3. The minimum absolute atomic E-state index is 0.0266. The summed E-state index contributed by atoms with van der Waals surface area (Å²) in [5, 5.41) is 12.6. The van der Waals surface area contributed by atoms with Gasteiger partial charge in [-0.1, -0.05) is 37.5 Å². The molecule has 0 aromatic heterocycles. The highest BCUT2D eigenvalue weighted by Gasteiger charge is 2.31. The number of anilines is 1. The molecule has 0 heterocycles. The number of aliphatic hydroxyl groups is 1. The number of amides is 1. The van der Waals surface area contributed by atoms with Crippen LogP contribution in [-0.4, -0.2) is 24.2 Å². The standard InChI is InChI=1S/C16H24N2O2/c17-14-7-3-2-6-13(14)10-15(20)18-11-16(12-19)8-4-1-5-9-16/h2-3,6-7,19H,1,4-5,8-12,17H2,(H,18,20). The lowest BCUT2D eigenvalue weighted by atomic mass is 9.74. The number of carbonyl (C=O) groups excluding carboxylic acids is 1. The number of nitrogens with two attached hydrogens (primary N) is 1. The largest absolute Gasteiger partial charge is 0.398 e. The SMILES string of the molecule is Nc1ccccc1CC(=O)NCC1(CO)CCCCC1. The van der Waals surface area contributed by atoms with E-state index in [4.69, 9.17) is 5.73 Å². The van der Waals surface area contributed by atoms with E-state index in [1.54, 1.807) is 6.07 Å². The summed E-state index contributed by atoms with van der Waals surface area (Å²) in [6.45, 7) is 0.718. The quantitative estimate of drug-likeness (QED) is 0.719. The lowest BCUT2D eigenvalue weighted by Gasteiger charge is -2.35. The molecule has 1 amide bonds. The minimum atomic E-state index is -0.115. The van der Waals surface area contributed by atoms with Crippen molar-refractivity contribution in [2.24, 2.45) is 5.41 Å². The zero-order chi connectivity index (χ0) is 14.4. The van der Waals surface area contributed by atoms with Gasteiger partial charge in [-0.3, -0.25) is 4.79 Å². The molecule has 0 spiro atoms. The summed E-state index contributed by atoms with van der Waals surface area (Å²) in [5.74, 6) is -0.0266. The molecule has 1 saturated carbocycles. The van der Waals surface area contributed by atoms with Crippen molar-refractivity contribution in [1.82, 2.24) is 5.32 Å². The molecule has 1 fully saturated rings. The van der Waals surface area contributed by atoms with Crippen molar-refractivity contribution in [3.63, 3.8) is 0 Å². The molecule has 4 heteroatoms. The van der Waals surface area contributed by atoms with E-state index < -0.39 is 0 Å². The fraction of sp³-hybridized carbons (Fsp3) is 0.562. The summed E-state index contributed by atoms with van der Waals surface area (Å²) in [6.07, 6.45) is 5.81. The molecule has 4 nitrogen and oxygen atoms in total. The molecule has 20 heavy (non-hydrogen) atoms. The van der Waals surface area contributed by atoms with E-state index in [9.17, 15) is 9.90 Å². The van der Waals surface area contributed by atoms with Gasteiger partial charge in [-0.05, 0) is 24.5 Å². The van der Waals surface area contributed by atoms with E-state index in [2.05, 4.69) is 5.32 Å². The fourth-order valence-corrected chi connectivity index (χ4v) is 2.91. The van der Waals surface area contributed by atoms with E-state index >= 15 is 0 Å². The predicted molar refractivity (Wildman–Crippen MR) is 80.2 cm³/mol. The van der Waals surface area contributed by atoms with Gasteiger partial charge >= 0.3 is 0 Å². The van der Waals surface area contributed by atoms with Crippen LogP contribution in [0.3, 0.4) is 0 Å². The van der Waals surface area contributed by atoms with E-state index in [0.29, 0.717) is 18.7 Å². The predicted octanol–water partition coefficient (Wildman–Crippen LogP) is 1.87. The lowest BCUT2D eigenvalue weighted by molar-refractivity contribution is -0.121. The second-order valence-electron chi connectivity index (χ2n) is 5.87. The summed E-state index contributed by atoms with van der Waals surface area (Å²) < 4.78 is 0. The Morgan fingerprint density at radius 2 is 1.95 bits per heavy atom. The van der Waals surface area contributed by atoms with Gasteiger partial charge in [0.1, 0.15) is 0 Å². The van der Waals surface area contributed by atoms with Gasteiger partial charge in [0.2, 0.25) is 5.91 Å². The van der Waals surface area contributed by atoms with Gasteiger partial charge < -0.3 is 16.2 Å². The monoisotopic (exact) mass is 276 g/mol. The number of carbonyl (C=O) groups is 1. The first kappa shape index (κ1) is 14.9. The molecule has 1 aliphatic rings. The van der Waals surface area contributed by atoms with E-state index in [1.165, 1.54) is 6.42 Å². The Kier molecular flexibility index (Phi) is 5.01. The molecule has 0 atom stereocenters. The number of benzene rings is 1. The Morgan fingerprint density at radius 3 is 2.60 bits per heavy atom.